The maximum absolute atomic E-state index is 11.2. The Morgan fingerprint density at radius 3 is 1.96 bits per heavy atom. The number of anilines is 2. The first kappa shape index (κ1) is 18.7. The highest BCUT2D eigenvalue weighted by molar-refractivity contribution is 5.94. The van der Waals surface area contributed by atoms with Gasteiger partial charge in [0.1, 0.15) is 0 Å². The molecule has 2 fully saturated rings. The maximum atomic E-state index is 11.2. The van der Waals surface area contributed by atoms with Crippen molar-refractivity contribution in [2.24, 2.45) is 4.99 Å². The lowest BCUT2D eigenvalue weighted by atomic mass is 9.95. The zero-order valence-electron chi connectivity index (χ0n) is 15.9. The molecule has 2 saturated carbocycles. The number of hydrogen-bond donors (Lipinski definition) is 3. The van der Waals surface area contributed by atoms with E-state index in [1.54, 1.807) is 0 Å². The van der Waals surface area contributed by atoms with Crippen molar-refractivity contribution in [3.8, 4) is 0 Å². The minimum absolute atomic E-state index is 0.0516. The van der Waals surface area contributed by atoms with Crippen molar-refractivity contribution in [2.45, 2.75) is 83.2 Å². The van der Waals surface area contributed by atoms with Crippen LogP contribution >= 0.6 is 0 Å². The summed E-state index contributed by atoms with van der Waals surface area (Å²) in [5.41, 5.74) is 1.81. The number of nitrogens with zero attached hydrogens (tertiary/aromatic N) is 1. The third-order valence-electron chi connectivity index (χ3n) is 5.30. The van der Waals surface area contributed by atoms with Crippen LogP contribution in [0, 0.1) is 0 Å². The van der Waals surface area contributed by atoms with Crippen LogP contribution in [0.4, 0.5) is 11.4 Å². The van der Waals surface area contributed by atoms with Crippen LogP contribution in [0.2, 0.25) is 0 Å². The third-order valence-corrected chi connectivity index (χ3v) is 5.30. The van der Waals surface area contributed by atoms with Crippen LogP contribution in [0.5, 0.6) is 0 Å². The van der Waals surface area contributed by atoms with Crippen LogP contribution in [-0.2, 0) is 4.79 Å². The minimum atomic E-state index is -0.0516. The number of carbonyl (C=O) groups is 1. The molecule has 1 aromatic carbocycles. The number of amides is 1. The normalized spacial score (nSPS) is 19.8. The van der Waals surface area contributed by atoms with E-state index in [1.165, 1.54) is 71.1 Å². The van der Waals surface area contributed by atoms with Crippen molar-refractivity contribution in [3.05, 3.63) is 24.3 Å². The number of nitrogens with one attached hydrogen (secondary N) is 3. The van der Waals surface area contributed by atoms with Crippen molar-refractivity contribution in [1.82, 2.24) is 5.32 Å². The largest absolute Gasteiger partial charge is 0.353 e. The van der Waals surface area contributed by atoms with E-state index in [9.17, 15) is 4.79 Å². The molecular formula is C21H32N4O. The minimum Gasteiger partial charge on any atom is -0.353 e. The van der Waals surface area contributed by atoms with Crippen molar-refractivity contribution in [1.29, 1.82) is 0 Å². The first-order chi connectivity index (χ1) is 12.7. The number of rotatable bonds is 4. The molecule has 0 unspecified atom stereocenters. The molecule has 3 N–H and O–H groups in total. The van der Waals surface area contributed by atoms with Crippen LogP contribution in [-0.4, -0.2) is 24.0 Å². The van der Waals surface area contributed by atoms with Gasteiger partial charge in [0.25, 0.3) is 0 Å². The average Bonchev–Trinajstić information content (AvgIpc) is 2.64. The van der Waals surface area contributed by atoms with Crippen LogP contribution in [0.1, 0.15) is 71.1 Å². The molecular weight excluding hydrogens is 324 g/mol. The zero-order valence-corrected chi connectivity index (χ0v) is 15.9. The van der Waals surface area contributed by atoms with Crippen molar-refractivity contribution >= 4 is 23.2 Å². The summed E-state index contributed by atoms with van der Waals surface area (Å²) in [6, 6.07) is 8.78. The van der Waals surface area contributed by atoms with Crippen LogP contribution in [0.25, 0.3) is 0 Å². The van der Waals surface area contributed by atoms with E-state index in [2.05, 4.69) is 16.0 Å². The summed E-state index contributed by atoms with van der Waals surface area (Å²) < 4.78 is 0. The number of benzene rings is 1. The van der Waals surface area contributed by atoms with Gasteiger partial charge in [0.2, 0.25) is 5.91 Å². The van der Waals surface area contributed by atoms with E-state index in [1.807, 2.05) is 24.3 Å². The fraction of sp³-hybridized carbons (Fsp3) is 0.619. The summed E-state index contributed by atoms with van der Waals surface area (Å²) in [7, 11) is 0. The van der Waals surface area contributed by atoms with Gasteiger partial charge in [-0.2, -0.15) is 0 Å². The second-order valence-electron chi connectivity index (χ2n) is 7.63. The fourth-order valence-corrected chi connectivity index (χ4v) is 3.92. The molecule has 0 aromatic heterocycles. The maximum Gasteiger partial charge on any atom is 0.221 e. The highest BCUT2D eigenvalue weighted by Gasteiger charge is 2.17. The molecule has 0 heterocycles. The van der Waals surface area contributed by atoms with Crippen molar-refractivity contribution < 1.29 is 4.79 Å². The van der Waals surface area contributed by atoms with Gasteiger partial charge in [0.05, 0.1) is 6.04 Å². The zero-order chi connectivity index (χ0) is 18.2. The highest BCUT2D eigenvalue weighted by atomic mass is 16.1. The van der Waals surface area contributed by atoms with Crippen LogP contribution < -0.4 is 16.0 Å². The number of guanidine groups is 1. The molecule has 3 rings (SSSR count). The molecule has 0 bridgehead atoms. The van der Waals surface area contributed by atoms with Gasteiger partial charge in [-0.25, -0.2) is 4.99 Å². The van der Waals surface area contributed by atoms with E-state index in [-0.39, 0.29) is 5.91 Å². The molecule has 5 nitrogen and oxygen atoms in total. The standard InChI is InChI=1S/C21H32N4O/c1-16(26)22-19-12-14-20(15-13-19)25-21(23-17-8-4-2-5-9-17)24-18-10-6-3-7-11-18/h12-15,17-18H,2-11H2,1H3,(H,22,26)(H2,23,24,25). The number of carbonyl (C=O) groups excluding carboxylic acids is 1. The number of aliphatic imine (C=N–C) groups is 1. The molecule has 0 aliphatic heterocycles. The summed E-state index contributed by atoms with van der Waals surface area (Å²) >= 11 is 0. The van der Waals surface area contributed by atoms with E-state index < -0.39 is 0 Å². The Hall–Kier alpha value is -2.04. The van der Waals surface area contributed by atoms with E-state index in [0.29, 0.717) is 12.1 Å². The second-order valence-corrected chi connectivity index (χ2v) is 7.63. The van der Waals surface area contributed by atoms with Crippen LogP contribution in [0.3, 0.4) is 0 Å². The molecule has 5 heteroatoms. The molecule has 2 aliphatic rings. The molecule has 0 radical (unpaired) electrons. The Morgan fingerprint density at radius 1 is 0.846 bits per heavy atom. The van der Waals surface area contributed by atoms with Gasteiger partial charge >= 0.3 is 0 Å². The summed E-state index contributed by atoms with van der Waals surface area (Å²) in [6.45, 7) is 1.52. The lowest BCUT2D eigenvalue weighted by molar-refractivity contribution is -0.114. The highest BCUT2D eigenvalue weighted by Crippen LogP contribution is 2.22. The van der Waals surface area contributed by atoms with Gasteiger partial charge in [-0.15, -0.1) is 0 Å². The topological polar surface area (TPSA) is 65.5 Å². The molecule has 142 valence electrons. The first-order valence-corrected chi connectivity index (χ1v) is 10.2. The Balaban J connectivity index is 1.67. The Labute approximate surface area is 157 Å². The fourth-order valence-electron chi connectivity index (χ4n) is 3.92. The summed E-state index contributed by atoms with van der Waals surface area (Å²) in [4.78, 5) is 16.2. The molecule has 2 aliphatic carbocycles. The van der Waals surface area contributed by atoms with Gasteiger partial charge in [-0.3, -0.25) is 4.79 Å². The van der Waals surface area contributed by atoms with E-state index in [4.69, 9.17) is 4.99 Å². The molecule has 1 amide bonds. The lowest BCUT2D eigenvalue weighted by Gasteiger charge is -2.27. The van der Waals surface area contributed by atoms with Gasteiger partial charge in [-0.1, -0.05) is 38.5 Å². The summed E-state index contributed by atoms with van der Waals surface area (Å²) in [5, 5.41) is 9.95. The van der Waals surface area contributed by atoms with Gasteiger partial charge in [-0.05, 0) is 49.9 Å². The predicted octanol–water partition coefficient (Wildman–Crippen LogP) is 4.67. The van der Waals surface area contributed by atoms with E-state index in [0.717, 1.165) is 17.3 Å². The Morgan fingerprint density at radius 2 is 1.38 bits per heavy atom. The Kier molecular flexibility index (Phi) is 6.92. The smallest absolute Gasteiger partial charge is 0.221 e. The SMILES string of the molecule is CC(=O)Nc1ccc(NC(=NC2CCCCC2)NC2CCCCC2)cc1. The number of hydrogen-bond acceptors (Lipinski definition) is 2. The van der Waals surface area contributed by atoms with Crippen LogP contribution in [0.15, 0.2) is 29.3 Å². The monoisotopic (exact) mass is 356 g/mol. The van der Waals surface area contributed by atoms with E-state index >= 15 is 0 Å². The predicted molar refractivity (Wildman–Crippen MR) is 109 cm³/mol. The van der Waals surface area contributed by atoms with Gasteiger partial charge in [0.15, 0.2) is 5.96 Å². The van der Waals surface area contributed by atoms with Gasteiger partial charge < -0.3 is 16.0 Å². The van der Waals surface area contributed by atoms with Crippen molar-refractivity contribution in [3.63, 3.8) is 0 Å². The summed E-state index contributed by atoms with van der Waals surface area (Å²) in [5.74, 6) is 0.861. The third kappa shape index (κ3) is 6.04. The average molecular weight is 357 g/mol. The van der Waals surface area contributed by atoms with Gasteiger partial charge in [0, 0.05) is 24.3 Å². The molecule has 0 atom stereocenters. The molecule has 1 aromatic rings. The molecule has 0 saturated heterocycles. The quantitative estimate of drug-likeness (QED) is 0.543. The first-order valence-electron chi connectivity index (χ1n) is 10.2. The van der Waals surface area contributed by atoms with Crippen molar-refractivity contribution in [2.75, 3.05) is 10.6 Å². The second kappa shape index (κ2) is 9.60. The Bertz CT molecular complexity index is 599. The summed E-state index contributed by atoms with van der Waals surface area (Å²) in [6.07, 6.45) is 12.7. The lowest BCUT2D eigenvalue weighted by Crippen LogP contribution is -2.41. The molecule has 0 spiro atoms. The molecule has 26 heavy (non-hydrogen) atoms.